The van der Waals surface area contributed by atoms with Gasteiger partial charge in [0.15, 0.2) is 0 Å². The van der Waals surface area contributed by atoms with Gasteiger partial charge in [0.2, 0.25) is 0 Å². The van der Waals surface area contributed by atoms with Gasteiger partial charge in [-0.1, -0.05) is 22.0 Å². The molecule has 10 heavy (non-hydrogen) atoms. The van der Waals surface area contributed by atoms with Crippen molar-refractivity contribution in [2.45, 2.75) is 6.42 Å². The average molecular weight is 196 g/mol. The molecule has 0 aliphatic heterocycles. The highest BCUT2D eigenvalue weighted by Crippen LogP contribution is 2.30. The molecule has 1 heterocycles. The predicted molar refractivity (Wildman–Crippen MR) is 44.8 cm³/mol. The minimum Gasteiger partial charge on any atom is -0.264 e. The molecule has 0 bridgehead atoms. The molecule has 2 rings (SSSR count). The molecule has 1 aliphatic carbocycles. The van der Waals surface area contributed by atoms with Crippen LogP contribution in [0.1, 0.15) is 11.1 Å². The summed E-state index contributed by atoms with van der Waals surface area (Å²) in [6.07, 6.45) is 6.91. The number of pyridine rings is 1. The van der Waals surface area contributed by atoms with E-state index in [9.17, 15) is 0 Å². The number of hydrogen-bond donors (Lipinski definition) is 0. The first-order chi connectivity index (χ1) is 4.88. The van der Waals surface area contributed by atoms with Crippen LogP contribution < -0.4 is 0 Å². The molecular formula is C8H6BrN. The van der Waals surface area contributed by atoms with Crippen LogP contribution in [0.4, 0.5) is 0 Å². The minimum atomic E-state index is 1.02. The molecule has 0 amide bonds. The van der Waals surface area contributed by atoms with Gasteiger partial charge in [-0.15, -0.1) is 0 Å². The summed E-state index contributed by atoms with van der Waals surface area (Å²) in [5, 5.41) is 0. The van der Waals surface area contributed by atoms with Crippen LogP contribution in [0.2, 0.25) is 0 Å². The van der Waals surface area contributed by atoms with Crippen molar-refractivity contribution in [3.05, 3.63) is 35.7 Å². The van der Waals surface area contributed by atoms with Crippen LogP contribution in [0.25, 0.3) is 4.48 Å². The molecule has 0 aromatic carbocycles. The summed E-state index contributed by atoms with van der Waals surface area (Å²) < 4.78 is 1.20. The highest BCUT2D eigenvalue weighted by molar-refractivity contribution is 9.15. The summed E-state index contributed by atoms with van der Waals surface area (Å²) in [4.78, 5) is 4.04. The third-order valence-electron chi connectivity index (χ3n) is 1.66. The Hall–Kier alpha value is -0.630. The van der Waals surface area contributed by atoms with Crippen molar-refractivity contribution in [2.24, 2.45) is 0 Å². The van der Waals surface area contributed by atoms with Gasteiger partial charge in [0.25, 0.3) is 0 Å². The quantitative estimate of drug-likeness (QED) is 0.620. The monoisotopic (exact) mass is 195 g/mol. The Morgan fingerprint density at radius 1 is 1.50 bits per heavy atom. The fourth-order valence-corrected chi connectivity index (χ4v) is 1.68. The normalized spacial score (nSPS) is 14.7. The number of fused-ring (bicyclic) bond motifs is 1. The summed E-state index contributed by atoms with van der Waals surface area (Å²) in [7, 11) is 0. The van der Waals surface area contributed by atoms with Crippen molar-refractivity contribution in [1.29, 1.82) is 0 Å². The van der Waals surface area contributed by atoms with Crippen molar-refractivity contribution in [3.63, 3.8) is 0 Å². The molecule has 0 saturated carbocycles. The highest BCUT2D eigenvalue weighted by Gasteiger charge is 2.09. The van der Waals surface area contributed by atoms with Gasteiger partial charge >= 0.3 is 0 Å². The molecule has 0 unspecified atom stereocenters. The maximum Gasteiger partial charge on any atom is 0.0309 e. The first-order valence-corrected chi connectivity index (χ1v) is 3.96. The molecule has 1 aromatic heterocycles. The Kier molecular flexibility index (Phi) is 1.34. The van der Waals surface area contributed by atoms with Gasteiger partial charge in [0, 0.05) is 16.9 Å². The highest BCUT2D eigenvalue weighted by atomic mass is 79.9. The molecule has 50 valence electrons. The van der Waals surface area contributed by atoms with Gasteiger partial charge in [-0.05, 0) is 23.6 Å². The van der Waals surface area contributed by atoms with E-state index in [4.69, 9.17) is 0 Å². The van der Waals surface area contributed by atoms with Crippen molar-refractivity contribution >= 4 is 20.4 Å². The molecule has 0 atom stereocenters. The molecule has 1 aliphatic rings. The maximum atomic E-state index is 4.04. The average Bonchev–Trinajstić information content (AvgIpc) is 2.34. The number of halogens is 1. The summed E-state index contributed by atoms with van der Waals surface area (Å²) in [6, 6.07) is 2.03. The zero-order chi connectivity index (χ0) is 6.97. The van der Waals surface area contributed by atoms with Crippen LogP contribution in [0.3, 0.4) is 0 Å². The van der Waals surface area contributed by atoms with Gasteiger partial charge in [0.05, 0.1) is 0 Å². The first-order valence-electron chi connectivity index (χ1n) is 3.17. The van der Waals surface area contributed by atoms with E-state index in [1.54, 1.807) is 0 Å². The molecule has 0 N–H and O–H groups in total. The first kappa shape index (κ1) is 6.10. The van der Waals surface area contributed by atoms with Gasteiger partial charge < -0.3 is 0 Å². The minimum absolute atomic E-state index is 1.02. The Morgan fingerprint density at radius 3 is 3.20 bits per heavy atom. The van der Waals surface area contributed by atoms with Crippen LogP contribution >= 0.6 is 15.9 Å². The second-order valence-corrected chi connectivity index (χ2v) is 3.14. The lowest BCUT2D eigenvalue weighted by molar-refractivity contribution is 1.21. The third-order valence-corrected chi connectivity index (χ3v) is 2.41. The van der Waals surface area contributed by atoms with Gasteiger partial charge in [0.1, 0.15) is 0 Å². The fraction of sp³-hybridized carbons (Fsp3) is 0.125. The van der Waals surface area contributed by atoms with E-state index in [0.717, 1.165) is 6.42 Å². The standard InChI is InChI=1S/C8H6BrN/c9-8-2-1-6-5-10-4-3-7(6)8/h2-5H,1H2. The van der Waals surface area contributed by atoms with Crippen molar-refractivity contribution in [2.75, 3.05) is 0 Å². The molecule has 2 heteroatoms. The molecule has 1 aromatic rings. The largest absolute Gasteiger partial charge is 0.264 e. The second-order valence-electron chi connectivity index (χ2n) is 2.29. The molecule has 0 saturated heterocycles. The molecular weight excluding hydrogens is 190 g/mol. The summed E-state index contributed by atoms with van der Waals surface area (Å²) >= 11 is 3.47. The fourth-order valence-electron chi connectivity index (χ4n) is 1.13. The van der Waals surface area contributed by atoms with E-state index < -0.39 is 0 Å². The SMILES string of the molecule is BrC1=CCc2cnccc21. The second kappa shape index (κ2) is 2.20. The third kappa shape index (κ3) is 0.797. The number of rotatable bonds is 0. The Labute approximate surface area is 67.9 Å². The summed E-state index contributed by atoms with van der Waals surface area (Å²) in [5.74, 6) is 0. The van der Waals surface area contributed by atoms with Gasteiger partial charge in [-0.3, -0.25) is 4.98 Å². The van der Waals surface area contributed by atoms with Gasteiger partial charge in [-0.25, -0.2) is 0 Å². The van der Waals surface area contributed by atoms with Crippen LogP contribution in [0.5, 0.6) is 0 Å². The Morgan fingerprint density at radius 2 is 2.40 bits per heavy atom. The molecule has 0 spiro atoms. The lowest BCUT2D eigenvalue weighted by Gasteiger charge is -1.95. The summed E-state index contributed by atoms with van der Waals surface area (Å²) in [6.45, 7) is 0. The van der Waals surface area contributed by atoms with Crippen LogP contribution in [0, 0.1) is 0 Å². The number of hydrogen-bond acceptors (Lipinski definition) is 1. The molecule has 0 radical (unpaired) electrons. The van der Waals surface area contributed by atoms with Crippen molar-refractivity contribution in [1.82, 2.24) is 4.98 Å². The van der Waals surface area contributed by atoms with Gasteiger partial charge in [-0.2, -0.15) is 0 Å². The Bertz CT molecular complexity index is 291. The predicted octanol–water partition coefficient (Wildman–Crippen LogP) is 2.37. The van der Waals surface area contributed by atoms with Crippen molar-refractivity contribution in [3.8, 4) is 0 Å². The smallest absolute Gasteiger partial charge is 0.0309 e. The lowest BCUT2D eigenvalue weighted by atomic mass is 10.2. The number of allylic oxidation sites excluding steroid dienone is 1. The van der Waals surface area contributed by atoms with E-state index in [-0.39, 0.29) is 0 Å². The van der Waals surface area contributed by atoms with Crippen molar-refractivity contribution < 1.29 is 0 Å². The van der Waals surface area contributed by atoms with Crippen LogP contribution in [-0.2, 0) is 6.42 Å². The van der Waals surface area contributed by atoms with E-state index >= 15 is 0 Å². The lowest BCUT2D eigenvalue weighted by Crippen LogP contribution is -1.81. The zero-order valence-electron chi connectivity index (χ0n) is 5.34. The van der Waals surface area contributed by atoms with E-state index in [2.05, 4.69) is 27.0 Å². The molecule has 0 fully saturated rings. The maximum absolute atomic E-state index is 4.04. The van der Waals surface area contributed by atoms with E-state index in [0.29, 0.717) is 0 Å². The van der Waals surface area contributed by atoms with E-state index in [1.807, 2.05) is 18.5 Å². The number of aromatic nitrogens is 1. The number of nitrogens with zero attached hydrogens (tertiary/aromatic N) is 1. The Balaban J connectivity index is 2.61. The van der Waals surface area contributed by atoms with Crippen LogP contribution in [0.15, 0.2) is 24.5 Å². The zero-order valence-corrected chi connectivity index (χ0v) is 6.93. The molecule has 1 nitrogen and oxygen atoms in total. The summed E-state index contributed by atoms with van der Waals surface area (Å²) in [5.41, 5.74) is 2.60. The topological polar surface area (TPSA) is 12.9 Å². The van der Waals surface area contributed by atoms with Crippen LogP contribution in [-0.4, -0.2) is 4.98 Å². The van der Waals surface area contributed by atoms with E-state index in [1.165, 1.54) is 15.6 Å².